The third kappa shape index (κ3) is 3.01. The van der Waals surface area contributed by atoms with E-state index in [1.165, 1.54) is 11.8 Å². The number of thioether (sulfide) groups is 1. The molecule has 0 unspecified atom stereocenters. The van der Waals surface area contributed by atoms with Gasteiger partial charge in [-0.15, -0.1) is 0 Å². The van der Waals surface area contributed by atoms with Crippen LogP contribution < -0.4 is 0 Å². The summed E-state index contributed by atoms with van der Waals surface area (Å²) in [6, 6.07) is 5.95. The summed E-state index contributed by atoms with van der Waals surface area (Å²) < 4.78 is 8.25. The molecule has 0 atom stereocenters. The number of aryl methyl sites for hydroxylation is 1. The molecule has 4 nitrogen and oxygen atoms in total. The summed E-state index contributed by atoms with van der Waals surface area (Å²) in [6.07, 6.45) is 3.62. The second-order valence-electron chi connectivity index (χ2n) is 5.42. The van der Waals surface area contributed by atoms with Crippen molar-refractivity contribution in [2.24, 2.45) is 0 Å². The summed E-state index contributed by atoms with van der Waals surface area (Å²) in [5, 5.41) is 0. The van der Waals surface area contributed by atoms with Crippen molar-refractivity contribution in [3.05, 3.63) is 52.1 Å². The first-order valence-electron chi connectivity index (χ1n) is 7.45. The Balaban J connectivity index is 1.91. The van der Waals surface area contributed by atoms with Crippen LogP contribution in [0.15, 0.2) is 33.8 Å². The Morgan fingerprint density at radius 3 is 2.78 bits per heavy atom. The number of nitrogens with zero attached hydrogens (tertiary/aromatic N) is 2. The molecule has 23 heavy (non-hydrogen) atoms. The molecule has 0 spiro atoms. The van der Waals surface area contributed by atoms with Gasteiger partial charge in [0.05, 0.1) is 17.7 Å². The minimum Gasteiger partial charge on any atom is -0.467 e. The van der Waals surface area contributed by atoms with Crippen molar-refractivity contribution in [3.63, 3.8) is 0 Å². The van der Waals surface area contributed by atoms with Crippen LogP contribution in [0.5, 0.6) is 0 Å². The maximum atomic E-state index is 12.3. The third-order valence-corrected chi connectivity index (χ3v) is 5.36. The standard InChI is InChI=1S/C17H18N2O2S2/c1-4-18-16(20)15(23-17(18)22)9-13-8-11(2)19(12(13)3)10-14-6-5-7-21-14/h5-9H,4,10H2,1-3H3/b15-9-. The van der Waals surface area contributed by atoms with Gasteiger partial charge >= 0.3 is 0 Å². The Labute approximate surface area is 145 Å². The number of thiocarbonyl (C=S) groups is 1. The van der Waals surface area contributed by atoms with Crippen LogP contribution >= 0.6 is 24.0 Å². The van der Waals surface area contributed by atoms with Crippen molar-refractivity contribution in [1.29, 1.82) is 0 Å². The van der Waals surface area contributed by atoms with Crippen LogP contribution in [0, 0.1) is 13.8 Å². The zero-order chi connectivity index (χ0) is 16.6. The van der Waals surface area contributed by atoms with Crippen molar-refractivity contribution in [3.8, 4) is 0 Å². The topological polar surface area (TPSA) is 38.4 Å². The van der Waals surface area contributed by atoms with Gasteiger partial charge in [0.15, 0.2) is 0 Å². The van der Waals surface area contributed by atoms with Crippen molar-refractivity contribution in [2.45, 2.75) is 27.3 Å². The zero-order valence-electron chi connectivity index (χ0n) is 13.3. The van der Waals surface area contributed by atoms with Gasteiger partial charge in [0.2, 0.25) is 0 Å². The fraction of sp³-hybridized carbons (Fsp3) is 0.294. The molecule has 0 radical (unpaired) electrons. The van der Waals surface area contributed by atoms with Gasteiger partial charge in [-0.2, -0.15) is 0 Å². The second-order valence-corrected chi connectivity index (χ2v) is 7.09. The van der Waals surface area contributed by atoms with Gasteiger partial charge in [-0.3, -0.25) is 9.69 Å². The van der Waals surface area contributed by atoms with E-state index in [9.17, 15) is 4.79 Å². The highest BCUT2D eigenvalue weighted by Crippen LogP contribution is 2.33. The molecule has 1 amide bonds. The van der Waals surface area contributed by atoms with Crippen molar-refractivity contribution in [2.75, 3.05) is 6.54 Å². The number of amides is 1. The number of likely N-dealkylation sites (N-methyl/N-ethyl adjacent to an activating group) is 1. The molecule has 0 N–H and O–H groups in total. The molecule has 3 heterocycles. The lowest BCUT2D eigenvalue weighted by Gasteiger charge is -2.09. The van der Waals surface area contributed by atoms with Gasteiger partial charge in [0.25, 0.3) is 5.91 Å². The second kappa shape index (κ2) is 6.37. The van der Waals surface area contributed by atoms with E-state index in [0.717, 1.165) is 22.7 Å². The maximum absolute atomic E-state index is 12.3. The van der Waals surface area contributed by atoms with Crippen molar-refractivity contribution >= 4 is 40.3 Å². The lowest BCUT2D eigenvalue weighted by Crippen LogP contribution is -2.27. The average molecular weight is 346 g/mol. The highest BCUT2D eigenvalue weighted by Gasteiger charge is 2.30. The Kier molecular flexibility index (Phi) is 4.46. The Bertz CT molecular complexity index is 788. The number of hydrogen-bond acceptors (Lipinski definition) is 4. The molecule has 1 fully saturated rings. The summed E-state index contributed by atoms with van der Waals surface area (Å²) in [5.41, 5.74) is 3.29. The number of aromatic nitrogens is 1. The summed E-state index contributed by atoms with van der Waals surface area (Å²) in [7, 11) is 0. The molecule has 1 aliphatic heterocycles. The maximum Gasteiger partial charge on any atom is 0.266 e. The van der Waals surface area contributed by atoms with Gasteiger partial charge in [-0.25, -0.2) is 0 Å². The normalized spacial score (nSPS) is 16.8. The molecule has 1 saturated heterocycles. The Morgan fingerprint density at radius 2 is 2.17 bits per heavy atom. The number of hydrogen-bond donors (Lipinski definition) is 0. The molecule has 2 aromatic rings. The first-order valence-corrected chi connectivity index (χ1v) is 8.68. The van der Waals surface area contributed by atoms with Crippen LogP contribution in [0.2, 0.25) is 0 Å². The quantitative estimate of drug-likeness (QED) is 0.620. The van der Waals surface area contributed by atoms with E-state index < -0.39 is 0 Å². The van der Waals surface area contributed by atoms with Gasteiger partial charge < -0.3 is 8.98 Å². The predicted molar refractivity (Wildman–Crippen MR) is 97.3 cm³/mol. The van der Waals surface area contributed by atoms with E-state index in [1.807, 2.05) is 25.1 Å². The molecule has 0 saturated carbocycles. The molecule has 3 rings (SSSR count). The third-order valence-electron chi connectivity index (χ3n) is 3.98. The smallest absolute Gasteiger partial charge is 0.266 e. The molecule has 2 aromatic heterocycles. The molecule has 0 aromatic carbocycles. The van der Waals surface area contributed by atoms with Gasteiger partial charge in [0.1, 0.15) is 10.1 Å². The van der Waals surface area contributed by atoms with E-state index in [0.29, 0.717) is 22.3 Å². The summed E-state index contributed by atoms with van der Waals surface area (Å²) in [6.45, 7) is 7.35. The molecule has 120 valence electrons. The molecule has 0 aliphatic carbocycles. The van der Waals surface area contributed by atoms with Crippen LogP contribution in [0.4, 0.5) is 0 Å². The fourth-order valence-electron chi connectivity index (χ4n) is 2.69. The highest BCUT2D eigenvalue weighted by atomic mass is 32.2. The number of furan rings is 1. The van der Waals surface area contributed by atoms with Crippen LogP contribution in [-0.4, -0.2) is 26.2 Å². The summed E-state index contributed by atoms with van der Waals surface area (Å²) in [5.74, 6) is 0.911. The molecule has 1 aliphatic rings. The summed E-state index contributed by atoms with van der Waals surface area (Å²) in [4.78, 5) is 14.7. The highest BCUT2D eigenvalue weighted by molar-refractivity contribution is 8.26. The lowest BCUT2D eigenvalue weighted by atomic mass is 10.2. The SMILES string of the molecule is CCN1C(=O)/C(=C/c2cc(C)n(Cc3ccco3)c2C)SC1=S. The molecular weight excluding hydrogens is 328 g/mol. The molecule has 0 bridgehead atoms. The van der Waals surface area contributed by atoms with E-state index in [2.05, 4.69) is 24.5 Å². The van der Waals surface area contributed by atoms with Gasteiger partial charge in [-0.05, 0) is 50.6 Å². The lowest BCUT2D eigenvalue weighted by molar-refractivity contribution is -0.121. The Hall–Kier alpha value is -1.79. The molecule has 6 heteroatoms. The average Bonchev–Trinajstić information content (AvgIpc) is 3.18. The first kappa shape index (κ1) is 16.1. The van der Waals surface area contributed by atoms with E-state index in [4.69, 9.17) is 16.6 Å². The number of carbonyl (C=O) groups excluding carboxylic acids is 1. The Morgan fingerprint density at radius 1 is 1.39 bits per heavy atom. The minimum absolute atomic E-state index is 0.00154. The summed E-state index contributed by atoms with van der Waals surface area (Å²) >= 11 is 6.63. The van der Waals surface area contributed by atoms with Crippen molar-refractivity contribution < 1.29 is 9.21 Å². The van der Waals surface area contributed by atoms with Crippen molar-refractivity contribution in [1.82, 2.24) is 9.47 Å². The number of rotatable bonds is 4. The van der Waals surface area contributed by atoms with Crippen LogP contribution in [-0.2, 0) is 11.3 Å². The van der Waals surface area contributed by atoms with Crippen LogP contribution in [0.3, 0.4) is 0 Å². The molecular formula is C17H18N2O2S2. The van der Waals surface area contributed by atoms with Crippen LogP contribution in [0.25, 0.3) is 6.08 Å². The largest absolute Gasteiger partial charge is 0.467 e. The van der Waals surface area contributed by atoms with E-state index in [-0.39, 0.29) is 5.91 Å². The number of carbonyl (C=O) groups is 1. The van der Waals surface area contributed by atoms with E-state index >= 15 is 0 Å². The first-order chi connectivity index (χ1) is 11.0. The predicted octanol–water partition coefficient (Wildman–Crippen LogP) is 3.97. The van der Waals surface area contributed by atoms with Gasteiger partial charge in [0, 0.05) is 17.9 Å². The minimum atomic E-state index is -0.00154. The van der Waals surface area contributed by atoms with Crippen LogP contribution in [0.1, 0.15) is 29.6 Å². The van der Waals surface area contributed by atoms with Gasteiger partial charge in [-0.1, -0.05) is 24.0 Å². The van der Waals surface area contributed by atoms with E-state index in [1.54, 1.807) is 11.2 Å². The monoisotopic (exact) mass is 346 g/mol. The zero-order valence-corrected chi connectivity index (χ0v) is 15.0. The fourth-order valence-corrected chi connectivity index (χ4v) is 4.06.